The van der Waals surface area contributed by atoms with E-state index in [0.29, 0.717) is 42.6 Å². The molecule has 14 nitrogen and oxygen atoms in total. The second kappa shape index (κ2) is 13.3. The van der Waals surface area contributed by atoms with Crippen LogP contribution in [0.3, 0.4) is 0 Å². The summed E-state index contributed by atoms with van der Waals surface area (Å²) in [4.78, 5) is 76.1. The van der Waals surface area contributed by atoms with Gasteiger partial charge in [-0.25, -0.2) is 19.5 Å². The molecule has 5 aliphatic rings. The Morgan fingerprint density at radius 3 is 2.30 bits per heavy atom. The van der Waals surface area contributed by atoms with Gasteiger partial charge in [-0.15, -0.1) is 0 Å². The normalized spacial score (nSPS) is 38.5. The number of nitrogens with zero attached hydrogens (tertiary/aromatic N) is 2. The summed E-state index contributed by atoms with van der Waals surface area (Å²) in [5, 5.41) is 39.5. The third kappa shape index (κ3) is 5.55. The van der Waals surface area contributed by atoms with Crippen molar-refractivity contribution in [3.8, 4) is 0 Å². The number of rotatable bonds is 6. The number of allylic oxidation sites excluding steroid dienone is 2. The van der Waals surface area contributed by atoms with Crippen LogP contribution < -0.4 is 0 Å². The van der Waals surface area contributed by atoms with Crippen LogP contribution in [0.2, 0.25) is 0 Å². The molecule has 1 amide bonds. The molecule has 5 rings (SSSR count). The summed E-state index contributed by atoms with van der Waals surface area (Å²) in [7, 11) is 1.51. The molecule has 3 aliphatic carbocycles. The smallest absolute Gasteiger partial charge is 0.477 e. The van der Waals surface area contributed by atoms with E-state index in [2.05, 4.69) is 0 Å². The van der Waals surface area contributed by atoms with E-state index in [-0.39, 0.29) is 17.7 Å². The zero-order valence-electron chi connectivity index (χ0n) is 33.1. The van der Waals surface area contributed by atoms with Crippen molar-refractivity contribution in [3.05, 3.63) is 34.0 Å². The monoisotopic (exact) mass is 779 g/mol. The van der Waals surface area contributed by atoms with Crippen LogP contribution in [0.1, 0.15) is 108 Å². The third-order valence-corrected chi connectivity index (χ3v) is 13.3. The molecule has 2 aliphatic heterocycles. The van der Waals surface area contributed by atoms with Gasteiger partial charge >= 0.3 is 24.2 Å². The van der Waals surface area contributed by atoms with Crippen molar-refractivity contribution in [1.82, 2.24) is 5.06 Å². The van der Waals surface area contributed by atoms with Crippen molar-refractivity contribution in [2.75, 3.05) is 7.05 Å². The molecular formula is C39H56ClN2O12+. The predicted molar refractivity (Wildman–Crippen MR) is 194 cm³/mol. The maximum atomic E-state index is 15.0. The lowest BCUT2D eigenvalue weighted by Gasteiger charge is -2.65. The number of likely N-dealkylation sites (N-methyl/N-ethyl adjacent to an activating group) is 1. The first-order valence-electron chi connectivity index (χ1n) is 18.6. The first-order chi connectivity index (χ1) is 24.7. The molecule has 0 aromatic rings. The number of ether oxygens (including phenoxy) is 3. The summed E-state index contributed by atoms with van der Waals surface area (Å²) >= 11 is 6.86. The molecule has 0 bridgehead atoms. The fourth-order valence-corrected chi connectivity index (χ4v) is 11.2. The third-order valence-electron chi connectivity index (χ3n) is 12.9. The van der Waals surface area contributed by atoms with E-state index in [9.17, 15) is 39.3 Å². The highest BCUT2D eigenvalue weighted by Gasteiger charge is 2.91. The molecule has 10 atom stereocenters. The SMILES string of the molecule is CC(=O)O[C@H]1C(C)=C[C@@H]2CCC[C@](C)(C(C)C=O)[C@]2(O)[C@H]1[C@]1(C(=O)O)C[C@@]2(OC(=O)OC(C)(C)C)C3=CCCC(Cl)=C3N(C)O[C@H]2[N+]1(C(=O)O)C(C)(C)C. The molecule has 0 radical (unpaired) electrons. The lowest BCUT2D eigenvalue weighted by molar-refractivity contribution is -0.982. The number of carbonyl (C=O) groups is 5. The van der Waals surface area contributed by atoms with Gasteiger partial charge in [-0.1, -0.05) is 44.0 Å². The molecule has 2 saturated heterocycles. The van der Waals surface area contributed by atoms with Gasteiger partial charge in [0, 0.05) is 41.8 Å². The maximum Gasteiger partial charge on any atom is 0.517 e. The zero-order chi connectivity index (χ0) is 40.8. The Morgan fingerprint density at radius 2 is 1.78 bits per heavy atom. The standard InChI is InChI=1S/C39H55ClN2O12/c1-21-18-24-14-13-17-36(10,22(2)19-43)39(24,50)29(28(21)51-23(3)44)37(31(45)46)20-38(53-33(49)52-35(7,8)9)25-15-12-16-26(40)27(25)41(11)54-30(38)42(37,32(47)48)34(4,5)6/h15,18-19,22,24,28-30,50H,12-14,16-17,20H2,1-11H3,(H-,45,46,47,48)/p+1/t22?,24-,28-,29+,30+,36+,37-,38+,39+,42?/m0/s1. The molecule has 54 heavy (non-hydrogen) atoms. The van der Waals surface area contributed by atoms with Crippen molar-refractivity contribution < 1.29 is 62.8 Å². The number of carboxylic acid groups (broad SMARTS) is 2. The Morgan fingerprint density at radius 1 is 1.15 bits per heavy atom. The van der Waals surface area contributed by atoms with Crippen molar-refractivity contribution in [2.24, 2.45) is 23.2 Å². The molecule has 2 heterocycles. The molecule has 300 valence electrons. The second-order valence-corrected chi connectivity index (χ2v) is 18.4. The molecule has 0 spiro atoms. The summed E-state index contributed by atoms with van der Waals surface area (Å²) in [5.41, 5.74) is -10.3. The summed E-state index contributed by atoms with van der Waals surface area (Å²) in [6.45, 7) is 15.6. The van der Waals surface area contributed by atoms with Gasteiger partial charge < -0.3 is 34.3 Å². The quantitative estimate of drug-likeness (QED) is 0.116. The Labute approximate surface area is 321 Å². The highest BCUT2D eigenvalue weighted by atomic mass is 35.5. The van der Waals surface area contributed by atoms with E-state index in [4.69, 9.17) is 30.6 Å². The summed E-state index contributed by atoms with van der Waals surface area (Å²) in [6, 6.07) is 0. The van der Waals surface area contributed by atoms with Crippen molar-refractivity contribution in [1.29, 1.82) is 0 Å². The number of amides is 1. The van der Waals surface area contributed by atoms with Crippen LogP contribution in [0.4, 0.5) is 9.59 Å². The molecule has 3 fully saturated rings. The molecule has 2 unspecified atom stereocenters. The fraction of sp³-hybridized carbons (Fsp3) is 0.718. The van der Waals surface area contributed by atoms with Crippen LogP contribution in [0, 0.1) is 23.2 Å². The Balaban J connectivity index is 2.04. The van der Waals surface area contributed by atoms with Gasteiger partial charge in [-0.2, -0.15) is 9.28 Å². The number of fused-ring (bicyclic) bond motifs is 4. The van der Waals surface area contributed by atoms with Crippen molar-refractivity contribution >= 4 is 42.1 Å². The number of likely N-dealkylation sites (tertiary alicyclic amines) is 1. The maximum absolute atomic E-state index is 15.0. The van der Waals surface area contributed by atoms with Crippen LogP contribution >= 0.6 is 11.6 Å². The van der Waals surface area contributed by atoms with Gasteiger partial charge in [0.15, 0.2) is 0 Å². The van der Waals surface area contributed by atoms with Crippen LogP contribution in [0.25, 0.3) is 0 Å². The average molecular weight is 780 g/mol. The average Bonchev–Trinajstić information content (AvgIpc) is 3.29. The lowest BCUT2D eigenvalue weighted by atomic mass is 9.44. The first-order valence-corrected chi connectivity index (χ1v) is 18.9. The van der Waals surface area contributed by atoms with Gasteiger partial charge in [0.2, 0.25) is 11.1 Å². The number of aliphatic carboxylic acids is 1. The summed E-state index contributed by atoms with van der Waals surface area (Å²) < 4.78 is 16.6. The van der Waals surface area contributed by atoms with Crippen LogP contribution in [-0.2, 0) is 33.4 Å². The van der Waals surface area contributed by atoms with E-state index in [1.165, 1.54) is 12.1 Å². The Bertz CT molecular complexity index is 1730. The van der Waals surface area contributed by atoms with Gasteiger partial charge in [0.25, 0.3) is 6.23 Å². The molecule has 15 heteroatoms. The lowest BCUT2D eigenvalue weighted by Crippen LogP contribution is -2.85. The van der Waals surface area contributed by atoms with Crippen molar-refractivity contribution in [3.63, 3.8) is 0 Å². The number of aldehydes is 1. The number of carbonyl (C=O) groups excluding carboxylic acids is 3. The number of quaternary nitrogens is 1. The van der Waals surface area contributed by atoms with Crippen LogP contribution in [0.5, 0.6) is 0 Å². The molecular weight excluding hydrogens is 724 g/mol. The number of esters is 1. The highest BCUT2D eigenvalue weighted by Crippen LogP contribution is 2.69. The molecule has 3 N–H and O–H groups in total. The topological polar surface area (TPSA) is 186 Å². The molecule has 0 aromatic heterocycles. The number of aliphatic hydroxyl groups is 1. The van der Waals surface area contributed by atoms with E-state index in [1.807, 2.05) is 0 Å². The minimum absolute atomic E-state index is 0.225. The number of hydroxylamine groups is 2. The minimum atomic E-state index is -2.73. The van der Waals surface area contributed by atoms with E-state index in [1.54, 1.807) is 74.5 Å². The van der Waals surface area contributed by atoms with E-state index < -0.39 is 98.5 Å². The van der Waals surface area contributed by atoms with Crippen LogP contribution in [0.15, 0.2) is 34.0 Å². The predicted octanol–water partition coefficient (Wildman–Crippen LogP) is 6.45. The van der Waals surface area contributed by atoms with E-state index in [0.717, 1.165) is 6.92 Å². The Kier molecular flexibility index (Phi) is 10.3. The number of halogens is 1. The van der Waals surface area contributed by atoms with Crippen molar-refractivity contribution in [2.45, 2.75) is 148 Å². The number of hydrogen-bond acceptors (Lipinski definition) is 11. The zero-order valence-corrected chi connectivity index (χ0v) is 33.9. The summed E-state index contributed by atoms with van der Waals surface area (Å²) in [5.74, 6) is -5.90. The molecule has 0 aromatic carbocycles. The summed E-state index contributed by atoms with van der Waals surface area (Å²) in [6.07, 6.45) is -0.918. The number of carboxylic acids is 1. The molecule has 1 saturated carbocycles. The van der Waals surface area contributed by atoms with Crippen LogP contribution in [-0.4, -0.2) is 103 Å². The Hall–Kier alpha value is -3.46. The van der Waals surface area contributed by atoms with Gasteiger partial charge in [-0.3, -0.25) is 4.79 Å². The highest BCUT2D eigenvalue weighted by molar-refractivity contribution is 6.30. The van der Waals surface area contributed by atoms with Gasteiger partial charge in [0.05, 0.1) is 23.6 Å². The largest absolute Gasteiger partial charge is 0.517 e. The van der Waals surface area contributed by atoms with Gasteiger partial charge in [-0.05, 0) is 79.7 Å². The minimum Gasteiger partial charge on any atom is -0.477 e. The number of hydrogen-bond donors (Lipinski definition) is 3. The second-order valence-electron chi connectivity index (χ2n) is 18.0. The van der Waals surface area contributed by atoms with E-state index >= 15 is 0 Å². The van der Waals surface area contributed by atoms with Gasteiger partial charge in [0.1, 0.15) is 23.5 Å². The fourth-order valence-electron chi connectivity index (χ4n) is 10.8. The first kappa shape index (κ1) is 41.7.